The van der Waals surface area contributed by atoms with E-state index < -0.39 is 5.79 Å². The summed E-state index contributed by atoms with van der Waals surface area (Å²) < 4.78 is 20.6. The van der Waals surface area contributed by atoms with Crippen molar-refractivity contribution in [2.45, 2.75) is 68.3 Å². The second-order valence-electron chi connectivity index (χ2n) is 13.6. The first kappa shape index (κ1) is 35.9. The number of aliphatic hydroxyl groups is 2. The molecule has 3 heterocycles. The molecular weight excluding hydrogens is 639 g/mol. The number of hydrogen-bond donors (Lipinski definition) is 2. The third-order valence-corrected chi connectivity index (χ3v) is 11.8. The van der Waals surface area contributed by atoms with Crippen molar-refractivity contribution in [3.63, 3.8) is 0 Å². The summed E-state index contributed by atoms with van der Waals surface area (Å²) >= 11 is 1.87. The quantitative estimate of drug-likeness (QED) is 0.0747. The molecule has 2 aliphatic carbocycles. The minimum absolute atomic E-state index is 0.0615. The van der Waals surface area contributed by atoms with Gasteiger partial charge in [-0.1, -0.05) is 30.1 Å². The molecule has 1 saturated heterocycles. The van der Waals surface area contributed by atoms with E-state index in [1.54, 1.807) is 7.11 Å². The normalized spacial score (nSPS) is 27.9. The Kier molecular flexibility index (Phi) is 12.7. The molecule has 0 bridgehead atoms. The van der Waals surface area contributed by atoms with Gasteiger partial charge >= 0.3 is 0 Å². The van der Waals surface area contributed by atoms with Gasteiger partial charge in [-0.2, -0.15) is 11.8 Å². The van der Waals surface area contributed by atoms with E-state index in [4.69, 9.17) is 19.0 Å². The van der Waals surface area contributed by atoms with E-state index in [9.17, 15) is 10.2 Å². The largest absolute Gasteiger partial charge is 0.492 e. The predicted molar refractivity (Wildman–Crippen MR) is 194 cm³/mol. The van der Waals surface area contributed by atoms with Crippen molar-refractivity contribution in [2.24, 2.45) is 22.9 Å². The molecule has 2 aliphatic heterocycles. The lowest BCUT2D eigenvalue weighted by atomic mass is 9.56. The molecule has 2 aromatic rings. The zero-order valence-corrected chi connectivity index (χ0v) is 29.7. The summed E-state index contributed by atoms with van der Waals surface area (Å²) in [4.78, 5) is 12.1. The number of thioether (sulfide) groups is 1. The molecule has 0 spiro atoms. The number of hydrogen-bond acceptors (Lipinski definition) is 10. The highest BCUT2D eigenvalue weighted by molar-refractivity contribution is 8.00. The zero-order valence-electron chi connectivity index (χ0n) is 28.9. The molecule has 0 amide bonds. The van der Waals surface area contributed by atoms with Gasteiger partial charge in [0.15, 0.2) is 0 Å². The highest BCUT2D eigenvalue weighted by atomic mass is 32.2. The maximum Gasteiger partial charge on any atom is 0.230 e. The number of aromatic nitrogens is 1. The van der Waals surface area contributed by atoms with Crippen LogP contribution in [0.1, 0.15) is 62.0 Å². The van der Waals surface area contributed by atoms with Crippen LogP contribution in [-0.4, -0.2) is 95.8 Å². The molecule has 6 rings (SSSR count). The van der Waals surface area contributed by atoms with Crippen LogP contribution < -0.4 is 9.47 Å². The molecule has 6 atom stereocenters. The van der Waals surface area contributed by atoms with Crippen molar-refractivity contribution in [1.29, 1.82) is 0 Å². The lowest BCUT2D eigenvalue weighted by molar-refractivity contribution is -0.223. The van der Waals surface area contributed by atoms with Crippen LogP contribution in [0.3, 0.4) is 0 Å². The maximum atomic E-state index is 9.81. The van der Waals surface area contributed by atoms with Crippen LogP contribution in [0.4, 0.5) is 0 Å². The smallest absolute Gasteiger partial charge is 0.230 e. The summed E-state index contributed by atoms with van der Waals surface area (Å²) in [5.41, 5.74) is 4.50. The summed E-state index contributed by atoms with van der Waals surface area (Å²) in [6.45, 7) is 8.62. The van der Waals surface area contributed by atoms with Gasteiger partial charge in [-0.05, 0) is 91.2 Å². The van der Waals surface area contributed by atoms with Crippen LogP contribution in [0, 0.1) is 17.8 Å². The molecule has 49 heavy (non-hydrogen) atoms. The van der Waals surface area contributed by atoms with Crippen molar-refractivity contribution in [1.82, 2.24) is 9.88 Å². The molecule has 1 aromatic heterocycles. The molecule has 0 unspecified atom stereocenters. The molecule has 4 aliphatic rings. The maximum absolute atomic E-state index is 9.81. The minimum atomic E-state index is -0.958. The molecule has 2 N–H and O–H groups in total. The van der Waals surface area contributed by atoms with Gasteiger partial charge in [0.2, 0.25) is 5.79 Å². The Morgan fingerprint density at radius 1 is 1.10 bits per heavy atom. The minimum Gasteiger partial charge on any atom is -0.492 e. The van der Waals surface area contributed by atoms with E-state index in [0.29, 0.717) is 19.6 Å². The number of allylic oxidation sites excluding steroid dienone is 1. The van der Waals surface area contributed by atoms with E-state index in [1.165, 1.54) is 5.56 Å². The Morgan fingerprint density at radius 2 is 1.90 bits per heavy atom. The fourth-order valence-electron chi connectivity index (χ4n) is 8.13. The summed E-state index contributed by atoms with van der Waals surface area (Å²) in [7, 11) is 1.63. The van der Waals surface area contributed by atoms with Crippen molar-refractivity contribution < 1.29 is 29.3 Å². The SMILES string of the molecule is C=CCO[C@@]12Oc3ccc(OCCN4CC4)cc3[C@H]3[C@H](CCCCO)[C@@H](CCCCO)C=C(C(=NOC)C[C@@H]1SCCc1ccncc1)[C@H]32. The van der Waals surface area contributed by atoms with Crippen LogP contribution in [0.2, 0.25) is 0 Å². The standard InChI is InChI=1S/C39H53N3O6S/c1-3-22-47-39-36(49-24-14-28-12-15-40-16-13-28)27-34(41-45-2)32-25-29(8-4-6-20-43)31(9-5-7-21-44)37(38(32)39)33-26-30(10-11-35(33)48-39)46-23-19-42-17-18-42/h3,10-13,15-16,25-26,29,31,36-38,43-44H,1,4-9,14,17-24,27H2,2H3/t29-,31+,36-,37+,38+,39+/m0/s1. The second kappa shape index (κ2) is 17.4. The first-order valence-corrected chi connectivity index (χ1v) is 19.1. The van der Waals surface area contributed by atoms with Gasteiger partial charge in [0, 0.05) is 63.1 Å². The number of fused-ring (bicyclic) bond motifs is 2. The Bertz CT molecular complexity index is 1440. The van der Waals surface area contributed by atoms with Crippen molar-refractivity contribution in [2.75, 3.05) is 58.9 Å². The number of nitrogens with zero attached hydrogens (tertiary/aromatic N) is 3. The van der Waals surface area contributed by atoms with Crippen LogP contribution in [0.25, 0.3) is 0 Å². The number of oxime groups is 1. The first-order valence-electron chi connectivity index (χ1n) is 18.1. The fraction of sp³-hybridized carbons (Fsp3) is 0.590. The Labute approximate surface area is 295 Å². The number of rotatable bonds is 20. The second-order valence-corrected chi connectivity index (χ2v) is 14.9. The van der Waals surface area contributed by atoms with E-state index in [0.717, 1.165) is 98.7 Å². The summed E-state index contributed by atoms with van der Waals surface area (Å²) in [5, 5.41) is 24.1. The Balaban J connectivity index is 1.45. The summed E-state index contributed by atoms with van der Waals surface area (Å²) in [6.07, 6.45) is 14.8. The number of benzene rings is 1. The molecule has 0 radical (unpaired) electrons. The molecule has 1 saturated carbocycles. The number of aliphatic hydroxyl groups excluding tert-OH is 2. The van der Waals surface area contributed by atoms with Gasteiger partial charge in [0.25, 0.3) is 0 Å². The van der Waals surface area contributed by atoms with E-state index in [2.05, 4.69) is 52.0 Å². The van der Waals surface area contributed by atoms with Gasteiger partial charge < -0.3 is 29.3 Å². The van der Waals surface area contributed by atoms with Crippen molar-refractivity contribution in [3.05, 3.63) is 78.2 Å². The number of ether oxygens (including phenoxy) is 3. The molecule has 266 valence electrons. The molecule has 1 aromatic carbocycles. The number of unbranched alkanes of at least 4 members (excludes halogenated alkanes) is 2. The number of aryl methyl sites for hydroxylation is 1. The summed E-state index contributed by atoms with van der Waals surface area (Å²) in [5.74, 6) is 2.08. The molecular formula is C39H53N3O6S. The van der Waals surface area contributed by atoms with Crippen LogP contribution in [-0.2, 0) is 16.0 Å². The van der Waals surface area contributed by atoms with Gasteiger partial charge in [-0.3, -0.25) is 9.88 Å². The van der Waals surface area contributed by atoms with Crippen LogP contribution in [0.5, 0.6) is 11.5 Å². The zero-order chi connectivity index (χ0) is 34.1. The van der Waals surface area contributed by atoms with Crippen molar-refractivity contribution in [3.8, 4) is 11.5 Å². The molecule has 9 nitrogen and oxygen atoms in total. The average Bonchev–Trinajstić information content (AvgIpc) is 3.95. The lowest BCUT2D eigenvalue weighted by Gasteiger charge is -2.58. The number of pyridine rings is 1. The molecule has 10 heteroatoms. The van der Waals surface area contributed by atoms with E-state index in [1.807, 2.05) is 36.3 Å². The monoisotopic (exact) mass is 691 g/mol. The van der Waals surface area contributed by atoms with Crippen molar-refractivity contribution >= 4 is 17.5 Å². The average molecular weight is 692 g/mol. The molecule has 2 fully saturated rings. The van der Waals surface area contributed by atoms with Gasteiger partial charge in [-0.25, -0.2) is 0 Å². The Morgan fingerprint density at radius 3 is 2.63 bits per heavy atom. The highest BCUT2D eigenvalue weighted by Crippen LogP contribution is 2.62. The predicted octanol–water partition coefficient (Wildman–Crippen LogP) is 6.02. The van der Waals surface area contributed by atoms with Gasteiger partial charge in [-0.15, -0.1) is 6.58 Å². The topological polar surface area (TPSA) is 106 Å². The third-order valence-electron chi connectivity index (χ3n) is 10.5. The van der Waals surface area contributed by atoms with Crippen LogP contribution >= 0.6 is 11.8 Å². The third kappa shape index (κ3) is 8.37. The first-order chi connectivity index (χ1) is 24.1. The highest BCUT2D eigenvalue weighted by Gasteiger charge is 2.63. The van der Waals surface area contributed by atoms with Gasteiger partial charge in [0.05, 0.1) is 23.5 Å². The fourth-order valence-corrected chi connectivity index (χ4v) is 9.54. The van der Waals surface area contributed by atoms with Crippen LogP contribution in [0.15, 0.2) is 72.2 Å². The van der Waals surface area contributed by atoms with Gasteiger partial charge in [0.1, 0.15) is 25.2 Å². The van der Waals surface area contributed by atoms with E-state index in [-0.39, 0.29) is 42.1 Å². The van der Waals surface area contributed by atoms with E-state index >= 15 is 0 Å². The Hall–Kier alpha value is -2.89. The lowest BCUT2D eigenvalue weighted by Crippen LogP contribution is -2.64. The summed E-state index contributed by atoms with van der Waals surface area (Å²) in [6, 6.07) is 10.5.